The summed E-state index contributed by atoms with van der Waals surface area (Å²) in [5.41, 5.74) is 8.34. The van der Waals surface area contributed by atoms with E-state index in [2.05, 4.69) is 30.9 Å². The number of nitrogens with zero attached hydrogens (tertiary/aromatic N) is 3. The molecule has 2 N–H and O–H groups in total. The lowest BCUT2D eigenvalue weighted by atomic mass is 10.0. The molecule has 1 aliphatic heterocycles. The first kappa shape index (κ1) is 9.52. The van der Waals surface area contributed by atoms with Gasteiger partial charge < -0.3 is 5.73 Å². The zero-order chi connectivity index (χ0) is 10.5. The monoisotopic (exact) mass is 194 g/mol. The van der Waals surface area contributed by atoms with Crippen LogP contribution in [0.4, 0.5) is 5.82 Å². The highest BCUT2D eigenvalue weighted by Crippen LogP contribution is 2.38. The molecule has 0 aliphatic carbocycles. The normalized spacial score (nSPS) is 21.9. The van der Waals surface area contributed by atoms with E-state index in [9.17, 15) is 0 Å². The van der Waals surface area contributed by atoms with Crippen molar-refractivity contribution in [2.75, 3.05) is 12.8 Å². The summed E-state index contributed by atoms with van der Waals surface area (Å²) in [6.07, 6.45) is 0. The minimum atomic E-state index is 0.425. The number of nitrogens with two attached hydrogens (primary N) is 1. The molecule has 14 heavy (non-hydrogen) atoms. The minimum Gasteiger partial charge on any atom is -0.384 e. The van der Waals surface area contributed by atoms with Crippen molar-refractivity contribution in [1.82, 2.24) is 14.7 Å². The van der Waals surface area contributed by atoms with Crippen LogP contribution in [0.2, 0.25) is 0 Å². The zero-order valence-corrected chi connectivity index (χ0v) is 9.28. The van der Waals surface area contributed by atoms with E-state index >= 15 is 0 Å². The Morgan fingerprint density at radius 2 is 2.07 bits per heavy atom. The molecule has 78 valence electrons. The maximum Gasteiger partial charge on any atom is 0.126 e. The average Bonchev–Trinajstić information content (AvgIpc) is 2.51. The van der Waals surface area contributed by atoms with Crippen molar-refractivity contribution in [3.8, 4) is 0 Å². The van der Waals surface area contributed by atoms with Gasteiger partial charge in [-0.25, -0.2) is 0 Å². The van der Waals surface area contributed by atoms with E-state index in [1.165, 1.54) is 11.3 Å². The molecule has 2 rings (SSSR count). The van der Waals surface area contributed by atoms with Crippen LogP contribution in [0.1, 0.15) is 31.1 Å². The van der Waals surface area contributed by atoms with Gasteiger partial charge in [0.25, 0.3) is 0 Å². The largest absolute Gasteiger partial charge is 0.384 e. The summed E-state index contributed by atoms with van der Waals surface area (Å²) < 4.78 is 1.78. The third kappa shape index (κ3) is 1.14. The van der Waals surface area contributed by atoms with Crippen LogP contribution in [-0.4, -0.2) is 21.7 Å². The molecule has 0 aromatic carbocycles. The first-order chi connectivity index (χ1) is 6.52. The van der Waals surface area contributed by atoms with Gasteiger partial charge in [0, 0.05) is 19.2 Å². The van der Waals surface area contributed by atoms with Gasteiger partial charge in [-0.15, -0.1) is 0 Å². The maximum absolute atomic E-state index is 5.95. The number of anilines is 1. The quantitative estimate of drug-likeness (QED) is 0.729. The fraction of sp³-hybridized carbons (Fsp3) is 0.700. The SMILES string of the molecule is CC(C)C1c2nn(C)c(N)c2CN1C. The molecule has 0 spiro atoms. The Morgan fingerprint density at radius 3 is 2.64 bits per heavy atom. The van der Waals surface area contributed by atoms with Gasteiger partial charge in [0.15, 0.2) is 0 Å². The minimum absolute atomic E-state index is 0.425. The standard InChI is InChI=1S/C10H18N4/c1-6(2)9-8-7(5-13(9)3)10(11)14(4)12-8/h6,9H,5,11H2,1-4H3. The second kappa shape index (κ2) is 2.98. The summed E-state index contributed by atoms with van der Waals surface area (Å²) >= 11 is 0. The molecule has 1 aliphatic rings. The fourth-order valence-corrected chi connectivity index (χ4v) is 2.38. The fourth-order valence-electron chi connectivity index (χ4n) is 2.38. The van der Waals surface area contributed by atoms with E-state index in [0.717, 1.165) is 12.4 Å². The van der Waals surface area contributed by atoms with Crippen LogP contribution in [0, 0.1) is 5.92 Å². The number of hydrogen-bond donors (Lipinski definition) is 1. The Kier molecular flexibility index (Phi) is 2.03. The Balaban J connectivity index is 2.46. The van der Waals surface area contributed by atoms with E-state index in [1.807, 2.05) is 7.05 Å². The number of fused-ring (bicyclic) bond motifs is 1. The lowest BCUT2D eigenvalue weighted by Crippen LogP contribution is -2.22. The summed E-state index contributed by atoms with van der Waals surface area (Å²) in [5, 5.41) is 4.49. The van der Waals surface area contributed by atoms with E-state index < -0.39 is 0 Å². The molecule has 1 aromatic heterocycles. The van der Waals surface area contributed by atoms with Gasteiger partial charge in [0.05, 0.1) is 11.7 Å². The van der Waals surface area contributed by atoms with Crippen molar-refractivity contribution in [3.05, 3.63) is 11.3 Å². The van der Waals surface area contributed by atoms with Gasteiger partial charge in [-0.2, -0.15) is 5.10 Å². The molecule has 2 heterocycles. The van der Waals surface area contributed by atoms with Gasteiger partial charge in [-0.05, 0) is 13.0 Å². The molecule has 4 heteroatoms. The summed E-state index contributed by atoms with van der Waals surface area (Å²) in [7, 11) is 4.04. The molecule has 1 aromatic rings. The molecule has 0 amide bonds. The van der Waals surface area contributed by atoms with Crippen molar-refractivity contribution < 1.29 is 0 Å². The smallest absolute Gasteiger partial charge is 0.126 e. The predicted molar refractivity (Wildman–Crippen MR) is 56.7 cm³/mol. The highest BCUT2D eigenvalue weighted by molar-refractivity contribution is 5.46. The predicted octanol–water partition coefficient (Wildman–Crippen LogP) is 1.14. The molecular weight excluding hydrogens is 176 g/mol. The Labute approximate surface area is 84.7 Å². The molecule has 0 fully saturated rings. The number of aromatic nitrogens is 2. The Hall–Kier alpha value is -1.03. The Bertz CT molecular complexity index is 353. The Morgan fingerprint density at radius 1 is 1.43 bits per heavy atom. The van der Waals surface area contributed by atoms with E-state index in [-0.39, 0.29) is 0 Å². The van der Waals surface area contributed by atoms with Gasteiger partial charge in [0.1, 0.15) is 5.82 Å². The highest BCUT2D eigenvalue weighted by Gasteiger charge is 2.34. The second-order valence-corrected chi connectivity index (χ2v) is 4.48. The van der Waals surface area contributed by atoms with Crippen molar-refractivity contribution >= 4 is 5.82 Å². The van der Waals surface area contributed by atoms with Crippen LogP contribution in [0.25, 0.3) is 0 Å². The molecule has 1 unspecified atom stereocenters. The number of rotatable bonds is 1. The summed E-state index contributed by atoms with van der Waals surface area (Å²) in [5.74, 6) is 1.39. The van der Waals surface area contributed by atoms with Crippen molar-refractivity contribution in [2.45, 2.75) is 26.4 Å². The second-order valence-electron chi connectivity index (χ2n) is 4.48. The lowest BCUT2D eigenvalue weighted by Gasteiger charge is -2.23. The van der Waals surface area contributed by atoms with Crippen molar-refractivity contribution in [2.24, 2.45) is 13.0 Å². The van der Waals surface area contributed by atoms with E-state index in [1.54, 1.807) is 4.68 Å². The van der Waals surface area contributed by atoms with E-state index in [4.69, 9.17) is 5.73 Å². The van der Waals surface area contributed by atoms with Crippen LogP contribution in [-0.2, 0) is 13.6 Å². The first-order valence-electron chi connectivity index (χ1n) is 5.04. The molecule has 4 nitrogen and oxygen atoms in total. The highest BCUT2D eigenvalue weighted by atomic mass is 15.3. The first-order valence-corrected chi connectivity index (χ1v) is 5.04. The van der Waals surface area contributed by atoms with Crippen LogP contribution in [0.15, 0.2) is 0 Å². The van der Waals surface area contributed by atoms with Gasteiger partial charge >= 0.3 is 0 Å². The maximum atomic E-state index is 5.95. The van der Waals surface area contributed by atoms with Crippen LogP contribution in [0.5, 0.6) is 0 Å². The van der Waals surface area contributed by atoms with Crippen LogP contribution < -0.4 is 5.73 Å². The topological polar surface area (TPSA) is 47.1 Å². The summed E-state index contributed by atoms with van der Waals surface area (Å²) in [4.78, 5) is 2.32. The zero-order valence-electron chi connectivity index (χ0n) is 9.28. The average molecular weight is 194 g/mol. The molecular formula is C10H18N4. The lowest BCUT2D eigenvalue weighted by molar-refractivity contribution is 0.209. The molecule has 0 radical (unpaired) electrons. The number of hydrogen-bond acceptors (Lipinski definition) is 3. The number of nitrogen functional groups attached to an aromatic ring is 1. The van der Waals surface area contributed by atoms with Gasteiger partial charge in [-0.3, -0.25) is 9.58 Å². The molecule has 0 saturated carbocycles. The molecule has 0 bridgehead atoms. The van der Waals surface area contributed by atoms with E-state index in [0.29, 0.717) is 12.0 Å². The summed E-state index contributed by atoms with van der Waals surface area (Å²) in [6, 6.07) is 0.425. The number of aryl methyl sites for hydroxylation is 1. The third-order valence-electron chi connectivity index (χ3n) is 3.02. The van der Waals surface area contributed by atoms with Gasteiger partial charge in [0.2, 0.25) is 0 Å². The molecule has 0 saturated heterocycles. The third-order valence-corrected chi connectivity index (χ3v) is 3.02. The van der Waals surface area contributed by atoms with Gasteiger partial charge in [-0.1, -0.05) is 13.8 Å². The van der Waals surface area contributed by atoms with Crippen molar-refractivity contribution in [3.63, 3.8) is 0 Å². The van der Waals surface area contributed by atoms with Crippen LogP contribution in [0.3, 0.4) is 0 Å². The van der Waals surface area contributed by atoms with Crippen molar-refractivity contribution in [1.29, 1.82) is 0 Å². The summed E-state index contributed by atoms with van der Waals surface area (Å²) in [6.45, 7) is 5.38. The van der Waals surface area contributed by atoms with Crippen LogP contribution >= 0.6 is 0 Å². The molecule has 1 atom stereocenters.